The van der Waals surface area contributed by atoms with Crippen LogP contribution in [0.15, 0.2) is 46.2 Å². The Balaban J connectivity index is 1.95. The van der Waals surface area contributed by atoms with Crippen LogP contribution in [0.2, 0.25) is 5.02 Å². The minimum absolute atomic E-state index is 0.0548. The molecule has 6 nitrogen and oxygen atoms in total. The quantitative estimate of drug-likeness (QED) is 0.760. The fourth-order valence-electron chi connectivity index (χ4n) is 3.22. The molecular weight excluding hydrogens is 420 g/mol. The minimum atomic E-state index is -3.95. The molecule has 9 heteroatoms. The smallest absolute Gasteiger partial charge is 0.263 e. The van der Waals surface area contributed by atoms with E-state index in [0.717, 1.165) is 24.8 Å². The zero-order chi connectivity index (χ0) is 20.5. The lowest BCUT2D eigenvalue weighted by atomic mass is 10.2. The summed E-state index contributed by atoms with van der Waals surface area (Å²) in [5.41, 5.74) is 1.59. The minimum Gasteiger partial charge on any atom is -0.280 e. The van der Waals surface area contributed by atoms with Crippen LogP contribution in [-0.4, -0.2) is 34.2 Å². The maximum Gasteiger partial charge on any atom is 0.263 e. The number of anilines is 1. The van der Waals surface area contributed by atoms with E-state index in [1.165, 1.54) is 16.4 Å². The number of nitrogens with zero attached hydrogens (tertiary/aromatic N) is 1. The molecule has 1 aliphatic heterocycles. The molecule has 1 N–H and O–H groups in total. The summed E-state index contributed by atoms with van der Waals surface area (Å²) in [6.45, 7) is 4.48. The second-order valence-electron chi connectivity index (χ2n) is 6.98. The summed E-state index contributed by atoms with van der Waals surface area (Å²) in [5, 5.41) is 0.112. The van der Waals surface area contributed by atoms with E-state index in [2.05, 4.69) is 4.72 Å². The Morgan fingerprint density at radius 2 is 1.57 bits per heavy atom. The molecule has 0 unspecified atom stereocenters. The van der Waals surface area contributed by atoms with Gasteiger partial charge in [-0.25, -0.2) is 16.8 Å². The lowest BCUT2D eigenvalue weighted by Crippen LogP contribution is -2.36. The van der Waals surface area contributed by atoms with Crippen molar-refractivity contribution in [2.75, 3.05) is 17.8 Å². The molecule has 0 saturated carbocycles. The summed E-state index contributed by atoms with van der Waals surface area (Å²) in [6, 6.07) is 9.17. The molecular formula is C19H23ClN2O4S2. The zero-order valence-electron chi connectivity index (χ0n) is 15.8. The van der Waals surface area contributed by atoms with Gasteiger partial charge in [-0.1, -0.05) is 30.2 Å². The molecule has 1 heterocycles. The van der Waals surface area contributed by atoms with E-state index in [0.29, 0.717) is 18.7 Å². The highest BCUT2D eigenvalue weighted by Crippen LogP contribution is 2.29. The van der Waals surface area contributed by atoms with Gasteiger partial charge in [0.1, 0.15) is 4.90 Å². The van der Waals surface area contributed by atoms with E-state index < -0.39 is 20.0 Å². The summed E-state index contributed by atoms with van der Waals surface area (Å²) < 4.78 is 55.4. The topological polar surface area (TPSA) is 83.5 Å². The average Bonchev–Trinajstić information content (AvgIpc) is 2.63. The highest BCUT2D eigenvalue weighted by atomic mass is 35.5. The van der Waals surface area contributed by atoms with Gasteiger partial charge in [0.15, 0.2) is 0 Å². The van der Waals surface area contributed by atoms with Crippen molar-refractivity contribution in [2.45, 2.75) is 42.9 Å². The Labute approximate surface area is 171 Å². The second-order valence-corrected chi connectivity index (χ2v) is 10.9. The van der Waals surface area contributed by atoms with Crippen LogP contribution >= 0.6 is 11.6 Å². The van der Waals surface area contributed by atoms with Crippen molar-refractivity contribution >= 4 is 37.3 Å². The third kappa shape index (κ3) is 4.35. The standard InChI is InChI=1S/C19H23ClN2O4S2/c1-14-6-9-18(17(20)12-14)27(23,24)21-16-8-7-15(2)19(13-16)28(25,26)22-10-4-3-5-11-22/h6-9,12-13,21H,3-5,10-11H2,1-2H3. The van der Waals surface area contributed by atoms with E-state index in [1.54, 1.807) is 31.2 Å². The number of halogens is 1. The SMILES string of the molecule is Cc1ccc(S(=O)(=O)Nc2ccc(C)c(S(=O)(=O)N3CCCCC3)c2)c(Cl)c1. The lowest BCUT2D eigenvalue weighted by Gasteiger charge is -2.26. The summed E-state index contributed by atoms with van der Waals surface area (Å²) in [5.74, 6) is 0. The van der Waals surface area contributed by atoms with E-state index in [9.17, 15) is 16.8 Å². The van der Waals surface area contributed by atoms with Crippen LogP contribution in [-0.2, 0) is 20.0 Å². The number of sulfonamides is 2. The van der Waals surface area contributed by atoms with Gasteiger partial charge in [-0.3, -0.25) is 4.72 Å². The lowest BCUT2D eigenvalue weighted by molar-refractivity contribution is 0.346. The fourth-order valence-corrected chi connectivity index (χ4v) is 6.64. The van der Waals surface area contributed by atoms with Gasteiger partial charge in [0.25, 0.3) is 10.0 Å². The Morgan fingerprint density at radius 1 is 0.893 bits per heavy atom. The normalized spacial score (nSPS) is 16.1. The van der Waals surface area contributed by atoms with Crippen molar-refractivity contribution in [1.82, 2.24) is 4.31 Å². The first-order chi connectivity index (χ1) is 13.1. The van der Waals surface area contributed by atoms with Crippen LogP contribution in [0.4, 0.5) is 5.69 Å². The Hall–Kier alpha value is -1.61. The van der Waals surface area contributed by atoms with Crippen molar-refractivity contribution < 1.29 is 16.8 Å². The first-order valence-electron chi connectivity index (χ1n) is 9.01. The Bertz CT molecular complexity index is 1090. The van der Waals surface area contributed by atoms with Crippen molar-refractivity contribution in [3.05, 3.63) is 52.5 Å². The maximum atomic E-state index is 13.0. The maximum absolute atomic E-state index is 13.0. The number of rotatable bonds is 5. The van der Waals surface area contributed by atoms with Gasteiger partial charge in [0.05, 0.1) is 15.6 Å². The van der Waals surface area contributed by atoms with Crippen LogP contribution in [0.5, 0.6) is 0 Å². The monoisotopic (exact) mass is 442 g/mol. The summed E-state index contributed by atoms with van der Waals surface area (Å²) in [7, 11) is -7.63. The van der Waals surface area contributed by atoms with Crippen molar-refractivity contribution in [2.24, 2.45) is 0 Å². The Morgan fingerprint density at radius 3 is 2.21 bits per heavy atom. The molecule has 0 radical (unpaired) electrons. The van der Waals surface area contributed by atoms with E-state index in [4.69, 9.17) is 11.6 Å². The van der Waals surface area contributed by atoms with Crippen LogP contribution < -0.4 is 4.72 Å². The highest BCUT2D eigenvalue weighted by molar-refractivity contribution is 7.93. The van der Waals surface area contributed by atoms with Crippen molar-refractivity contribution in [3.8, 4) is 0 Å². The number of benzene rings is 2. The molecule has 2 aromatic carbocycles. The molecule has 0 aromatic heterocycles. The Kier molecular flexibility index (Phi) is 6.05. The third-order valence-corrected chi connectivity index (χ3v) is 8.65. The average molecular weight is 443 g/mol. The molecule has 0 spiro atoms. The summed E-state index contributed by atoms with van der Waals surface area (Å²) >= 11 is 6.09. The van der Waals surface area contributed by atoms with Gasteiger partial charge in [0.2, 0.25) is 10.0 Å². The van der Waals surface area contributed by atoms with Crippen LogP contribution in [0, 0.1) is 13.8 Å². The first-order valence-corrected chi connectivity index (χ1v) is 12.3. The van der Waals surface area contributed by atoms with Gasteiger partial charge >= 0.3 is 0 Å². The molecule has 0 bridgehead atoms. The first kappa shape index (κ1) is 21.1. The molecule has 3 rings (SSSR count). The molecule has 1 saturated heterocycles. The van der Waals surface area contributed by atoms with E-state index >= 15 is 0 Å². The molecule has 1 fully saturated rings. The third-order valence-electron chi connectivity index (χ3n) is 4.75. The molecule has 0 aliphatic carbocycles. The number of hydrogen-bond donors (Lipinski definition) is 1. The van der Waals surface area contributed by atoms with Gasteiger partial charge in [-0.15, -0.1) is 0 Å². The molecule has 1 aliphatic rings. The number of hydrogen-bond acceptors (Lipinski definition) is 4. The predicted octanol–water partition coefficient (Wildman–Crippen LogP) is 3.93. The van der Waals surface area contributed by atoms with Crippen LogP contribution in [0.1, 0.15) is 30.4 Å². The van der Waals surface area contributed by atoms with Gasteiger partial charge in [0, 0.05) is 13.1 Å². The summed E-state index contributed by atoms with van der Waals surface area (Å²) in [4.78, 5) is 0.0605. The number of nitrogens with one attached hydrogen (secondary N) is 1. The number of aryl methyl sites for hydroxylation is 2. The van der Waals surface area contributed by atoms with E-state index in [-0.39, 0.29) is 20.5 Å². The number of piperidine rings is 1. The predicted molar refractivity (Wildman–Crippen MR) is 111 cm³/mol. The molecule has 0 atom stereocenters. The summed E-state index contributed by atoms with van der Waals surface area (Å²) in [6.07, 6.45) is 2.68. The van der Waals surface area contributed by atoms with Crippen molar-refractivity contribution in [3.63, 3.8) is 0 Å². The van der Waals surface area contributed by atoms with Crippen LogP contribution in [0.25, 0.3) is 0 Å². The van der Waals surface area contributed by atoms with Crippen LogP contribution in [0.3, 0.4) is 0 Å². The molecule has 0 amide bonds. The second kappa shape index (κ2) is 8.02. The molecule has 28 heavy (non-hydrogen) atoms. The molecule has 2 aromatic rings. The largest absolute Gasteiger partial charge is 0.280 e. The van der Waals surface area contributed by atoms with Gasteiger partial charge in [-0.2, -0.15) is 4.31 Å². The van der Waals surface area contributed by atoms with Crippen molar-refractivity contribution in [1.29, 1.82) is 0 Å². The fraction of sp³-hybridized carbons (Fsp3) is 0.368. The van der Waals surface area contributed by atoms with Gasteiger partial charge in [-0.05, 0) is 62.1 Å². The highest BCUT2D eigenvalue weighted by Gasteiger charge is 2.28. The van der Waals surface area contributed by atoms with E-state index in [1.807, 2.05) is 6.92 Å². The molecule has 152 valence electrons. The van der Waals surface area contributed by atoms with Gasteiger partial charge < -0.3 is 0 Å². The zero-order valence-corrected chi connectivity index (χ0v) is 18.2.